The molecule has 2 aromatic carbocycles. The average Bonchev–Trinajstić information content (AvgIpc) is 3.14. The molecule has 0 aliphatic carbocycles. The molecule has 1 atom stereocenters. The van der Waals surface area contributed by atoms with Gasteiger partial charge in [0, 0.05) is 25.2 Å². The van der Waals surface area contributed by atoms with Gasteiger partial charge in [0.15, 0.2) is 0 Å². The second kappa shape index (κ2) is 9.05. The maximum absolute atomic E-state index is 12.8. The van der Waals surface area contributed by atoms with Gasteiger partial charge in [-0.05, 0) is 36.4 Å². The first-order valence-corrected chi connectivity index (χ1v) is 9.27. The van der Waals surface area contributed by atoms with Gasteiger partial charge in [-0.3, -0.25) is 14.4 Å². The van der Waals surface area contributed by atoms with Gasteiger partial charge in [0.2, 0.25) is 11.8 Å². The van der Waals surface area contributed by atoms with Crippen LogP contribution in [0.25, 0.3) is 0 Å². The highest BCUT2D eigenvalue weighted by atomic mass is 16.5. The van der Waals surface area contributed by atoms with E-state index in [1.54, 1.807) is 66.6 Å². The van der Waals surface area contributed by atoms with Crippen LogP contribution in [0.1, 0.15) is 16.8 Å². The van der Waals surface area contributed by atoms with Crippen LogP contribution in [-0.4, -0.2) is 37.9 Å². The Hall–Kier alpha value is -3.61. The van der Waals surface area contributed by atoms with E-state index in [9.17, 15) is 14.4 Å². The van der Waals surface area contributed by atoms with E-state index >= 15 is 0 Å². The summed E-state index contributed by atoms with van der Waals surface area (Å²) in [5.41, 5.74) is 1.49. The molecule has 0 aromatic heterocycles. The van der Waals surface area contributed by atoms with E-state index in [-0.39, 0.29) is 30.7 Å². The molecule has 0 bridgehead atoms. The van der Waals surface area contributed by atoms with Crippen LogP contribution in [0.5, 0.6) is 5.75 Å². The van der Waals surface area contributed by atoms with E-state index in [4.69, 9.17) is 4.74 Å². The third-order valence-corrected chi connectivity index (χ3v) is 4.72. The number of carbonyl (C=O) groups is 3. The number of amides is 3. The minimum absolute atomic E-state index is 0.114. The minimum atomic E-state index is -0.506. The van der Waals surface area contributed by atoms with Gasteiger partial charge >= 0.3 is 0 Å². The fourth-order valence-electron chi connectivity index (χ4n) is 3.18. The molecule has 2 aromatic rings. The zero-order chi connectivity index (χ0) is 20.8. The summed E-state index contributed by atoms with van der Waals surface area (Å²) in [5, 5.41) is 5.49. The van der Waals surface area contributed by atoms with Crippen LogP contribution in [0.4, 0.5) is 11.4 Å². The summed E-state index contributed by atoms with van der Waals surface area (Å²) in [5.74, 6) is -0.524. The molecule has 3 rings (SSSR count). The van der Waals surface area contributed by atoms with Gasteiger partial charge in [-0.1, -0.05) is 18.2 Å². The molecule has 1 aliphatic heterocycles. The molecular formula is C22H23N3O4. The Morgan fingerprint density at radius 1 is 1.21 bits per heavy atom. The number of carbonyl (C=O) groups excluding carboxylic acids is 3. The molecule has 150 valence electrons. The average molecular weight is 393 g/mol. The van der Waals surface area contributed by atoms with Crippen molar-refractivity contribution >= 4 is 29.1 Å². The lowest BCUT2D eigenvalue weighted by Gasteiger charge is -2.17. The summed E-state index contributed by atoms with van der Waals surface area (Å²) in [6.45, 7) is 4.18. The van der Waals surface area contributed by atoms with Gasteiger partial charge in [-0.25, -0.2) is 0 Å². The fraction of sp³-hybridized carbons (Fsp3) is 0.227. The monoisotopic (exact) mass is 393 g/mol. The van der Waals surface area contributed by atoms with Crippen molar-refractivity contribution in [1.82, 2.24) is 5.32 Å². The highest BCUT2D eigenvalue weighted by Gasteiger charge is 2.35. The van der Waals surface area contributed by atoms with Crippen molar-refractivity contribution in [3.63, 3.8) is 0 Å². The topological polar surface area (TPSA) is 87.7 Å². The molecule has 0 saturated carbocycles. The number of ether oxygens (including phenoxy) is 1. The SMILES string of the molecule is C=CCNC(=O)c1ccccc1NC(=O)C1CC(=O)N(c2ccc(OC)cc2)C1. The predicted octanol–water partition coefficient (Wildman–Crippen LogP) is 2.60. The van der Waals surface area contributed by atoms with Crippen LogP contribution in [0, 0.1) is 5.92 Å². The Bertz CT molecular complexity index is 924. The molecule has 1 fully saturated rings. The number of methoxy groups -OCH3 is 1. The third kappa shape index (κ3) is 4.63. The number of nitrogens with zero attached hydrogens (tertiary/aromatic N) is 1. The molecule has 7 nitrogen and oxygen atoms in total. The first-order chi connectivity index (χ1) is 14.0. The minimum Gasteiger partial charge on any atom is -0.497 e. The molecule has 1 heterocycles. The number of anilines is 2. The van der Waals surface area contributed by atoms with E-state index in [0.29, 0.717) is 23.5 Å². The van der Waals surface area contributed by atoms with Crippen molar-refractivity contribution in [2.75, 3.05) is 30.4 Å². The Balaban J connectivity index is 1.70. The van der Waals surface area contributed by atoms with Crippen LogP contribution in [0.15, 0.2) is 61.2 Å². The summed E-state index contributed by atoms with van der Waals surface area (Å²) in [6.07, 6.45) is 1.69. The number of nitrogens with one attached hydrogen (secondary N) is 2. The van der Waals surface area contributed by atoms with Gasteiger partial charge in [0.25, 0.3) is 5.91 Å². The molecule has 1 aliphatic rings. The van der Waals surface area contributed by atoms with Crippen LogP contribution in [0.2, 0.25) is 0 Å². The standard InChI is InChI=1S/C22H23N3O4/c1-3-12-23-22(28)18-6-4-5-7-19(18)24-21(27)15-13-20(26)25(14-15)16-8-10-17(29-2)11-9-16/h3-11,15H,1,12-14H2,2H3,(H,23,28)(H,24,27). The lowest BCUT2D eigenvalue weighted by molar-refractivity contribution is -0.122. The van der Waals surface area contributed by atoms with Crippen molar-refractivity contribution < 1.29 is 19.1 Å². The van der Waals surface area contributed by atoms with Gasteiger partial charge in [0.1, 0.15) is 5.75 Å². The van der Waals surface area contributed by atoms with Crippen molar-refractivity contribution in [3.05, 3.63) is 66.7 Å². The number of hydrogen-bond acceptors (Lipinski definition) is 4. The van der Waals surface area contributed by atoms with Crippen molar-refractivity contribution in [2.24, 2.45) is 5.92 Å². The molecular weight excluding hydrogens is 370 g/mol. The Kier molecular flexibility index (Phi) is 6.29. The van der Waals surface area contributed by atoms with Gasteiger partial charge in [-0.2, -0.15) is 0 Å². The Morgan fingerprint density at radius 2 is 1.93 bits per heavy atom. The molecule has 2 N–H and O–H groups in total. The lowest BCUT2D eigenvalue weighted by Crippen LogP contribution is -2.29. The van der Waals surface area contributed by atoms with E-state index < -0.39 is 5.92 Å². The smallest absolute Gasteiger partial charge is 0.253 e. The van der Waals surface area contributed by atoms with Crippen LogP contribution < -0.4 is 20.3 Å². The largest absolute Gasteiger partial charge is 0.497 e. The first-order valence-electron chi connectivity index (χ1n) is 9.27. The first kappa shape index (κ1) is 20.1. The zero-order valence-corrected chi connectivity index (χ0v) is 16.2. The summed E-state index contributed by atoms with van der Waals surface area (Å²) < 4.78 is 5.13. The van der Waals surface area contributed by atoms with E-state index in [0.717, 1.165) is 5.69 Å². The molecule has 1 saturated heterocycles. The van der Waals surface area contributed by atoms with Crippen LogP contribution in [0.3, 0.4) is 0 Å². The number of hydrogen-bond donors (Lipinski definition) is 2. The third-order valence-electron chi connectivity index (χ3n) is 4.72. The van der Waals surface area contributed by atoms with Crippen molar-refractivity contribution in [3.8, 4) is 5.75 Å². The highest BCUT2D eigenvalue weighted by molar-refractivity contribution is 6.07. The number of para-hydroxylation sites is 1. The van der Waals surface area contributed by atoms with Crippen molar-refractivity contribution in [1.29, 1.82) is 0 Å². The van der Waals surface area contributed by atoms with Crippen LogP contribution in [-0.2, 0) is 9.59 Å². The number of rotatable bonds is 7. The van der Waals surface area contributed by atoms with E-state index in [1.807, 2.05) is 0 Å². The maximum Gasteiger partial charge on any atom is 0.253 e. The van der Waals surface area contributed by atoms with Crippen LogP contribution >= 0.6 is 0 Å². The fourth-order valence-corrected chi connectivity index (χ4v) is 3.18. The molecule has 0 radical (unpaired) electrons. The Labute approximate surface area is 169 Å². The lowest BCUT2D eigenvalue weighted by atomic mass is 10.1. The normalized spacial score (nSPS) is 15.7. The Morgan fingerprint density at radius 3 is 2.62 bits per heavy atom. The van der Waals surface area contributed by atoms with Gasteiger partial charge in [-0.15, -0.1) is 6.58 Å². The molecule has 29 heavy (non-hydrogen) atoms. The second-order valence-corrected chi connectivity index (χ2v) is 6.64. The second-order valence-electron chi connectivity index (χ2n) is 6.64. The summed E-state index contributed by atoms with van der Waals surface area (Å²) in [6, 6.07) is 13.9. The quantitative estimate of drug-likeness (QED) is 0.708. The van der Waals surface area contributed by atoms with E-state index in [2.05, 4.69) is 17.2 Å². The van der Waals surface area contributed by atoms with Crippen molar-refractivity contribution in [2.45, 2.75) is 6.42 Å². The highest BCUT2D eigenvalue weighted by Crippen LogP contribution is 2.28. The summed E-state index contributed by atoms with van der Waals surface area (Å²) in [4.78, 5) is 39.1. The molecule has 0 spiro atoms. The maximum atomic E-state index is 12.8. The summed E-state index contributed by atoms with van der Waals surface area (Å²) in [7, 11) is 1.58. The molecule has 7 heteroatoms. The molecule has 3 amide bonds. The zero-order valence-electron chi connectivity index (χ0n) is 16.2. The van der Waals surface area contributed by atoms with Gasteiger partial charge in [0.05, 0.1) is 24.3 Å². The number of benzene rings is 2. The molecule has 1 unspecified atom stereocenters. The predicted molar refractivity (Wildman–Crippen MR) is 111 cm³/mol. The summed E-state index contributed by atoms with van der Waals surface area (Å²) >= 11 is 0. The van der Waals surface area contributed by atoms with E-state index in [1.165, 1.54) is 0 Å². The van der Waals surface area contributed by atoms with Gasteiger partial charge < -0.3 is 20.3 Å².